The molecule has 0 atom stereocenters. The summed E-state index contributed by atoms with van der Waals surface area (Å²) in [5.74, 6) is 0.710. The number of anilines is 1. The van der Waals surface area contributed by atoms with E-state index in [2.05, 4.69) is 5.32 Å². The van der Waals surface area contributed by atoms with E-state index in [0.717, 1.165) is 18.4 Å². The molecule has 1 heterocycles. The number of halogens is 2. The van der Waals surface area contributed by atoms with E-state index >= 15 is 0 Å². The zero-order valence-corrected chi connectivity index (χ0v) is 12.8. The first-order valence-electron chi connectivity index (χ1n) is 7.25. The Bertz CT molecular complexity index is 804. The van der Waals surface area contributed by atoms with Crippen LogP contribution in [0.2, 0.25) is 5.02 Å². The number of carbonyl (C=O) groups is 1. The minimum atomic E-state index is -0.568. The van der Waals surface area contributed by atoms with Gasteiger partial charge in [-0.25, -0.2) is 4.39 Å². The van der Waals surface area contributed by atoms with Crippen molar-refractivity contribution < 1.29 is 18.7 Å². The van der Waals surface area contributed by atoms with Crippen LogP contribution >= 0.6 is 11.6 Å². The zero-order chi connectivity index (χ0) is 16.0. The lowest BCUT2D eigenvalue weighted by Crippen LogP contribution is -2.27. The molecule has 0 bridgehead atoms. The van der Waals surface area contributed by atoms with Crippen LogP contribution in [0.1, 0.15) is 18.4 Å². The van der Waals surface area contributed by atoms with Crippen LogP contribution in [0, 0.1) is 5.82 Å². The molecule has 4 rings (SSSR count). The lowest BCUT2D eigenvalue weighted by Gasteiger charge is -2.16. The molecular weight excluding hydrogens is 321 g/mol. The van der Waals surface area contributed by atoms with Gasteiger partial charge in [0.25, 0.3) is 0 Å². The van der Waals surface area contributed by atoms with E-state index in [1.165, 1.54) is 18.2 Å². The Labute approximate surface area is 137 Å². The molecule has 2 aromatic rings. The number of ether oxygens (including phenoxy) is 2. The minimum Gasteiger partial charge on any atom is -0.454 e. The van der Waals surface area contributed by atoms with Crippen molar-refractivity contribution in [1.29, 1.82) is 0 Å². The highest BCUT2D eigenvalue weighted by atomic mass is 35.5. The molecule has 1 amide bonds. The molecule has 0 unspecified atom stereocenters. The maximum Gasteiger partial charge on any atom is 0.235 e. The van der Waals surface area contributed by atoms with E-state index in [1.54, 1.807) is 0 Å². The van der Waals surface area contributed by atoms with E-state index < -0.39 is 11.2 Å². The van der Waals surface area contributed by atoms with Gasteiger partial charge < -0.3 is 14.8 Å². The van der Waals surface area contributed by atoms with Gasteiger partial charge in [-0.1, -0.05) is 17.7 Å². The fourth-order valence-corrected chi connectivity index (χ4v) is 2.97. The van der Waals surface area contributed by atoms with Gasteiger partial charge in [-0.3, -0.25) is 4.79 Å². The fourth-order valence-electron chi connectivity index (χ4n) is 2.79. The van der Waals surface area contributed by atoms with Gasteiger partial charge in [0, 0.05) is 5.69 Å². The average molecular weight is 334 g/mol. The number of fused-ring (bicyclic) bond motifs is 1. The van der Waals surface area contributed by atoms with E-state index in [-0.39, 0.29) is 17.7 Å². The highest BCUT2D eigenvalue weighted by Gasteiger charge is 2.51. The summed E-state index contributed by atoms with van der Waals surface area (Å²) in [6.45, 7) is 0.200. The standard InChI is InChI=1S/C17H13ClFNO3/c18-12-8-11(2-3-13(12)19)20-16(21)17(5-6-17)10-1-4-14-15(7-10)23-9-22-14/h1-4,7-8H,5-6,9H2,(H,20,21). The minimum absolute atomic E-state index is 0.0178. The Morgan fingerprint density at radius 3 is 2.65 bits per heavy atom. The van der Waals surface area contributed by atoms with Crippen molar-refractivity contribution in [3.8, 4) is 11.5 Å². The molecule has 0 spiro atoms. The van der Waals surface area contributed by atoms with Crippen LogP contribution in [0.3, 0.4) is 0 Å². The van der Waals surface area contributed by atoms with E-state index in [9.17, 15) is 9.18 Å². The number of carbonyl (C=O) groups excluding carboxylic acids is 1. The monoisotopic (exact) mass is 333 g/mol. The lowest BCUT2D eigenvalue weighted by molar-refractivity contribution is -0.118. The quantitative estimate of drug-likeness (QED) is 0.927. The lowest BCUT2D eigenvalue weighted by atomic mass is 9.94. The maximum absolute atomic E-state index is 13.2. The predicted octanol–water partition coefficient (Wildman–Crippen LogP) is 3.88. The van der Waals surface area contributed by atoms with Gasteiger partial charge in [-0.2, -0.15) is 0 Å². The summed E-state index contributed by atoms with van der Waals surface area (Å²) in [7, 11) is 0. The first-order valence-corrected chi connectivity index (χ1v) is 7.63. The molecule has 118 valence electrons. The fraction of sp³-hybridized carbons (Fsp3) is 0.235. The summed E-state index contributed by atoms with van der Waals surface area (Å²) in [5, 5.41) is 2.80. The van der Waals surface area contributed by atoms with E-state index in [1.807, 2.05) is 18.2 Å². The Morgan fingerprint density at radius 2 is 1.91 bits per heavy atom. The first kappa shape index (κ1) is 14.3. The topological polar surface area (TPSA) is 47.6 Å². The number of nitrogens with one attached hydrogen (secondary N) is 1. The highest BCUT2D eigenvalue weighted by Crippen LogP contribution is 2.51. The molecule has 1 aliphatic heterocycles. The molecule has 0 radical (unpaired) electrons. The Morgan fingerprint density at radius 1 is 1.13 bits per heavy atom. The second kappa shape index (κ2) is 5.13. The Balaban J connectivity index is 1.59. The number of benzene rings is 2. The Hall–Kier alpha value is -2.27. The second-order valence-corrected chi connectivity index (χ2v) is 6.14. The van der Waals surface area contributed by atoms with Crippen molar-refractivity contribution in [2.75, 3.05) is 12.1 Å². The summed E-state index contributed by atoms with van der Waals surface area (Å²) in [6, 6.07) is 9.70. The van der Waals surface area contributed by atoms with Crippen molar-refractivity contribution in [3.05, 3.63) is 52.8 Å². The van der Waals surface area contributed by atoms with Crippen LogP contribution in [-0.4, -0.2) is 12.7 Å². The number of amides is 1. The normalized spacial score (nSPS) is 17.0. The van der Waals surface area contributed by atoms with Gasteiger partial charge >= 0.3 is 0 Å². The zero-order valence-electron chi connectivity index (χ0n) is 12.1. The third-order valence-corrected chi connectivity index (χ3v) is 4.58. The molecule has 23 heavy (non-hydrogen) atoms. The number of hydrogen-bond acceptors (Lipinski definition) is 3. The summed E-state index contributed by atoms with van der Waals surface area (Å²) < 4.78 is 23.9. The summed E-state index contributed by atoms with van der Waals surface area (Å²) in [6.07, 6.45) is 1.51. The maximum atomic E-state index is 13.2. The molecule has 2 aromatic carbocycles. The summed E-state index contributed by atoms with van der Waals surface area (Å²) in [4.78, 5) is 12.7. The second-order valence-electron chi connectivity index (χ2n) is 5.73. The molecule has 2 aliphatic rings. The molecular formula is C17H13ClFNO3. The van der Waals surface area contributed by atoms with Crippen LogP contribution in [0.25, 0.3) is 0 Å². The van der Waals surface area contributed by atoms with Gasteiger partial charge in [-0.15, -0.1) is 0 Å². The first-order chi connectivity index (χ1) is 11.1. The largest absolute Gasteiger partial charge is 0.454 e. The number of rotatable bonds is 3. The van der Waals surface area contributed by atoms with Gasteiger partial charge in [0.2, 0.25) is 12.7 Å². The molecule has 0 saturated heterocycles. The van der Waals surface area contributed by atoms with Crippen molar-refractivity contribution >= 4 is 23.2 Å². The highest BCUT2D eigenvalue weighted by molar-refractivity contribution is 6.31. The van der Waals surface area contributed by atoms with Gasteiger partial charge in [-0.05, 0) is 48.7 Å². The van der Waals surface area contributed by atoms with Gasteiger partial charge in [0.1, 0.15) is 5.82 Å². The molecule has 1 fully saturated rings. The van der Waals surface area contributed by atoms with Crippen LogP contribution in [0.5, 0.6) is 11.5 Å². The van der Waals surface area contributed by atoms with Crippen LogP contribution in [0.15, 0.2) is 36.4 Å². The molecule has 4 nitrogen and oxygen atoms in total. The van der Waals surface area contributed by atoms with Crippen molar-refractivity contribution in [1.82, 2.24) is 0 Å². The number of hydrogen-bond donors (Lipinski definition) is 1. The van der Waals surface area contributed by atoms with Crippen molar-refractivity contribution in [2.24, 2.45) is 0 Å². The molecule has 1 saturated carbocycles. The molecule has 1 N–H and O–H groups in total. The molecule has 1 aliphatic carbocycles. The molecule has 6 heteroatoms. The predicted molar refractivity (Wildman–Crippen MR) is 83.5 cm³/mol. The molecule has 0 aromatic heterocycles. The van der Waals surface area contributed by atoms with Gasteiger partial charge in [0.15, 0.2) is 11.5 Å². The van der Waals surface area contributed by atoms with Crippen LogP contribution < -0.4 is 14.8 Å². The Kier molecular flexibility index (Phi) is 3.20. The van der Waals surface area contributed by atoms with E-state index in [0.29, 0.717) is 17.2 Å². The summed E-state index contributed by atoms with van der Waals surface area (Å²) in [5.41, 5.74) is 0.808. The van der Waals surface area contributed by atoms with Crippen molar-refractivity contribution in [2.45, 2.75) is 18.3 Å². The smallest absolute Gasteiger partial charge is 0.235 e. The third kappa shape index (κ3) is 2.41. The van der Waals surface area contributed by atoms with Crippen molar-refractivity contribution in [3.63, 3.8) is 0 Å². The average Bonchev–Trinajstić information content (AvgIpc) is 3.22. The van der Waals surface area contributed by atoms with E-state index in [4.69, 9.17) is 21.1 Å². The van der Waals surface area contributed by atoms with Crippen LogP contribution in [-0.2, 0) is 10.2 Å². The third-order valence-electron chi connectivity index (χ3n) is 4.29. The SMILES string of the molecule is O=C(Nc1ccc(F)c(Cl)c1)C1(c2ccc3c(c2)OCO3)CC1. The summed E-state index contributed by atoms with van der Waals surface area (Å²) >= 11 is 5.75. The van der Waals surface area contributed by atoms with Crippen LogP contribution in [0.4, 0.5) is 10.1 Å². The van der Waals surface area contributed by atoms with Gasteiger partial charge in [0.05, 0.1) is 10.4 Å².